The lowest BCUT2D eigenvalue weighted by molar-refractivity contribution is -0.386. The molecule has 0 spiro atoms. The first-order valence-corrected chi connectivity index (χ1v) is 5.56. The van der Waals surface area contributed by atoms with Crippen LogP contribution in [0.15, 0.2) is 18.2 Å². The van der Waals surface area contributed by atoms with Gasteiger partial charge in [-0.3, -0.25) is 10.1 Å². The molecule has 0 aliphatic heterocycles. The Kier molecular flexibility index (Phi) is 3.01. The Morgan fingerprint density at radius 1 is 1.50 bits per heavy atom. The van der Waals surface area contributed by atoms with Gasteiger partial charge in [0, 0.05) is 24.3 Å². The first-order chi connectivity index (χ1) is 7.58. The molecule has 0 radical (unpaired) electrons. The zero-order valence-corrected chi connectivity index (χ0v) is 9.61. The Labute approximate surface area is 98.3 Å². The monoisotopic (exact) mass is 241 g/mol. The Balaban J connectivity index is 2.21. The summed E-state index contributed by atoms with van der Waals surface area (Å²) < 4.78 is 5.62. The van der Waals surface area contributed by atoms with Gasteiger partial charge < -0.3 is 4.74 Å². The van der Waals surface area contributed by atoms with Crippen LogP contribution >= 0.6 is 11.6 Å². The van der Waals surface area contributed by atoms with Gasteiger partial charge in [-0.1, -0.05) is 12.1 Å². The molecule has 1 saturated carbocycles. The molecule has 1 aromatic rings. The van der Waals surface area contributed by atoms with Gasteiger partial charge >= 0.3 is 5.69 Å². The van der Waals surface area contributed by atoms with E-state index in [1.165, 1.54) is 6.07 Å². The van der Waals surface area contributed by atoms with E-state index < -0.39 is 4.92 Å². The topological polar surface area (TPSA) is 52.4 Å². The number of nitro benzene ring substituents is 1. The lowest BCUT2D eigenvalue weighted by Crippen LogP contribution is -2.34. The predicted octanol–water partition coefficient (Wildman–Crippen LogP) is 3.05. The number of para-hydroxylation sites is 1. The zero-order valence-electron chi connectivity index (χ0n) is 8.85. The number of nitro groups is 1. The van der Waals surface area contributed by atoms with Gasteiger partial charge in [0.1, 0.15) is 6.10 Å². The average Bonchev–Trinajstić information content (AvgIpc) is 2.18. The highest BCUT2D eigenvalue weighted by atomic mass is 35.5. The molecule has 16 heavy (non-hydrogen) atoms. The van der Waals surface area contributed by atoms with Crippen LogP contribution in [0.25, 0.3) is 0 Å². The Hall–Kier alpha value is -1.29. The molecule has 0 atom stereocenters. The van der Waals surface area contributed by atoms with Gasteiger partial charge in [0.05, 0.1) is 4.92 Å². The summed E-state index contributed by atoms with van der Waals surface area (Å²) >= 11 is 5.84. The molecule has 0 unspecified atom stereocenters. The van der Waals surface area contributed by atoms with Crippen LogP contribution in [0.3, 0.4) is 0 Å². The molecule has 0 N–H and O–H groups in total. The van der Waals surface area contributed by atoms with Crippen molar-refractivity contribution in [2.75, 3.05) is 0 Å². The van der Waals surface area contributed by atoms with Crippen molar-refractivity contribution in [3.8, 4) is 5.75 Å². The van der Waals surface area contributed by atoms with Crippen molar-refractivity contribution in [3.05, 3.63) is 33.9 Å². The molecule has 1 aromatic carbocycles. The van der Waals surface area contributed by atoms with Crippen LogP contribution < -0.4 is 4.74 Å². The largest absolute Gasteiger partial charge is 0.483 e. The summed E-state index contributed by atoms with van der Waals surface area (Å²) in [6.07, 6.45) is 1.53. The van der Waals surface area contributed by atoms with Crippen LogP contribution in [0.4, 0.5) is 5.69 Å². The minimum atomic E-state index is -0.417. The summed E-state index contributed by atoms with van der Waals surface area (Å²) in [6, 6.07) is 4.92. The molecule has 0 amide bonds. The minimum absolute atomic E-state index is 0.0160. The zero-order chi connectivity index (χ0) is 11.7. The Morgan fingerprint density at radius 2 is 2.19 bits per heavy atom. The Bertz CT molecular complexity index is 416. The summed E-state index contributed by atoms with van der Waals surface area (Å²) in [6.45, 7) is 1.80. The average molecular weight is 242 g/mol. The number of alkyl halides is 1. The lowest BCUT2D eigenvalue weighted by Gasteiger charge is -2.31. The molecular formula is C11H12ClNO3. The van der Waals surface area contributed by atoms with E-state index in [1.54, 1.807) is 19.1 Å². The molecule has 0 saturated heterocycles. The van der Waals surface area contributed by atoms with E-state index in [-0.39, 0.29) is 17.2 Å². The van der Waals surface area contributed by atoms with Gasteiger partial charge in [0.25, 0.3) is 0 Å². The van der Waals surface area contributed by atoms with Gasteiger partial charge in [0.15, 0.2) is 5.75 Å². The van der Waals surface area contributed by atoms with Gasteiger partial charge in [-0.05, 0) is 12.5 Å². The molecule has 4 nitrogen and oxygen atoms in total. The number of nitrogens with zero attached hydrogens (tertiary/aromatic N) is 1. The maximum absolute atomic E-state index is 10.8. The van der Waals surface area contributed by atoms with Crippen LogP contribution in [0.1, 0.15) is 18.4 Å². The third-order valence-electron chi connectivity index (χ3n) is 2.71. The van der Waals surface area contributed by atoms with Gasteiger partial charge in [0.2, 0.25) is 0 Å². The number of hydrogen-bond acceptors (Lipinski definition) is 3. The second kappa shape index (κ2) is 4.29. The fraction of sp³-hybridized carbons (Fsp3) is 0.455. The molecular weight excluding hydrogens is 230 g/mol. The number of aryl methyl sites for hydroxylation is 1. The molecule has 2 rings (SSSR count). The van der Waals surface area contributed by atoms with Crippen LogP contribution in [-0.2, 0) is 0 Å². The van der Waals surface area contributed by atoms with Gasteiger partial charge in [-0.25, -0.2) is 0 Å². The molecule has 86 valence electrons. The predicted molar refractivity (Wildman–Crippen MR) is 61.1 cm³/mol. The molecule has 0 aromatic heterocycles. The summed E-state index contributed by atoms with van der Waals surface area (Å²) in [5.41, 5.74) is 0.810. The van der Waals surface area contributed by atoms with E-state index in [0.717, 1.165) is 18.4 Å². The lowest BCUT2D eigenvalue weighted by atomic mass is 9.95. The van der Waals surface area contributed by atoms with Crippen molar-refractivity contribution in [1.82, 2.24) is 0 Å². The third-order valence-corrected chi connectivity index (χ3v) is 3.07. The van der Waals surface area contributed by atoms with E-state index >= 15 is 0 Å². The highest BCUT2D eigenvalue weighted by Crippen LogP contribution is 2.36. The third kappa shape index (κ3) is 2.11. The number of halogens is 1. The summed E-state index contributed by atoms with van der Waals surface area (Å²) in [5, 5.41) is 11.0. The highest BCUT2D eigenvalue weighted by molar-refractivity contribution is 6.21. The fourth-order valence-corrected chi connectivity index (χ4v) is 2.10. The van der Waals surface area contributed by atoms with Crippen molar-refractivity contribution >= 4 is 17.3 Å². The van der Waals surface area contributed by atoms with Crippen LogP contribution in [0, 0.1) is 17.0 Å². The smallest absolute Gasteiger partial charge is 0.311 e. The van der Waals surface area contributed by atoms with E-state index in [9.17, 15) is 10.1 Å². The molecule has 0 bridgehead atoms. The fourth-order valence-electron chi connectivity index (χ4n) is 1.70. The second-order valence-corrected chi connectivity index (χ2v) is 4.61. The van der Waals surface area contributed by atoms with Crippen LogP contribution in [-0.4, -0.2) is 16.4 Å². The van der Waals surface area contributed by atoms with E-state index in [4.69, 9.17) is 16.3 Å². The van der Waals surface area contributed by atoms with Gasteiger partial charge in [-0.15, -0.1) is 11.6 Å². The number of hydrogen-bond donors (Lipinski definition) is 0. The molecule has 1 aliphatic rings. The molecule has 0 heterocycles. The number of benzene rings is 1. The molecule has 1 fully saturated rings. The summed E-state index contributed by atoms with van der Waals surface area (Å²) in [7, 11) is 0. The quantitative estimate of drug-likeness (QED) is 0.464. The van der Waals surface area contributed by atoms with Crippen molar-refractivity contribution in [2.45, 2.75) is 31.2 Å². The second-order valence-electron chi connectivity index (χ2n) is 3.99. The maximum atomic E-state index is 10.8. The number of rotatable bonds is 3. The normalized spacial score (nSPS) is 23.6. The van der Waals surface area contributed by atoms with E-state index in [0.29, 0.717) is 5.75 Å². The van der Waals surface area contributed by atoms with Crippen molar-refractivity contribution in [3.63, 3.8) is 0 Å². The van der Waals surface area contributed by atoms with Crippen molar-refractivity contribution in [2.24, 2.45) is 0 Å². The minimum Gasteiger partial charge on any atom is -0.483 e. The first kappa shape index (κ1) is 11.2. The highest BCUT2D eigenvalue weighted by Gasteiger charge is 2.31. The van der Waals surface area contributed by atoms with Crippen molar-refractivity contribution in [1.29, 1.82) is 0 Å². The molecule has 5 heteroatoms. The summed E-state index contributed by atoms with van der Waals surface area (Å²) in [4.78, 5) is 10.4. The standard InChI is InChI=1S/C11H12ClNO3/c1-7-3-2-4-10(13(14)15)11(7)16-9-5-8(12)6-9/h2-4,8-9H,5-6H2,1H3. The first-order valence-electron chi connectivity index (χ1n) is 5.12. The Morgan fingerprint density at radius 3 is 2.75 bits per heavy atom. The SMILES string of the molecule is Cc1cccc([N+](=O)[O-])c1OC1CC(Cl)C1. The number of ether oxygens (including phenoxy) is 1. The summed E-state index contributed by atoms with van der Waals surface area (Å²) in [5.74, 6) is 0.376. The maximum Gasteiger partial charge on any atom is 0.311 e. The van der Waals surface area contributed by atoms with Crippen LogP contribution in [0.5, 0.6) is 5.75 Å². The van der Waals surface area contributed by atoms with Crippen molar-refractivity contribution < 1.29 is 9.66 Å². The van der Waals surface area contributed by atoms with E-state index in [2.05, 4.69) is 0 Å². The van der Waals surface area contributed by atoms with Gasteiger partial charge in [-0.2, -0.15) is 0 Å². The van der Waals surface area contributed by atoms with E-state index in [1.807, 2.05) is 0 Å². The van der Waals surface area contributed by atoms with Crippen LogP contribution in [0.2, 0.25) is 0 Å². The molecule has 1 aliphatic carbocycles.